The van der Waals surface area contributed by atoms with Gasteiger partial charge in [0.25, 0.3) is 0 Å². The molecule has 0 unspecified atom stereocenters. The number of ether oxygens (including phenoxy) is 1. The highest BCUT2D eigenvalue weighted by atomic mass is 35.5. The minimum Gasteiger partial charge on any atom is -0.361 e. The maximum absolute atomic E-state index is 13.7. The van der Waals surface area contributed by atoms with Crippen molar-refractivity contribution >= 4 is 30.7 Å². The summed E-state index contributed by atoms with van der Waals surface area (Å²) in [6.07, 6.45) is 1.41. The fourth-order valence-corrected chi connectivity index (χ4v) is 2.64. The molecule has 0 aliphatic heterocycles. The number of pyridine rings is 1. The van der Waals surface area contributed by atoms with Gasteiger partial charge in [0, 0.05) is 20.9 Å². The molecule has 0 spiro atoms. The van der Waals surface area contributed by atoms with Crippen molar-refractivity contribution in [3.63, 3.8) is 0 Å². The summed E-state index contributed by atoms with van der Waals surface area (Å²) in [5.74, 6) is -0.298. The standard InChI is InChI=1S/C13H18ClFN2OSi/c1-19(2,3)7-6-18-9-17-8-11(15)10-4-5-12(14)16-13(10)17/h4-5,8H,6-7,9H2,1-3H3. The van der Waals surface area contributed by atoms with Gasteiger partial charge in [-0.05, 0) is 18.2 Å². The summed E-state index contributed by atoms with van der Waals surface area (Å²) in [6, 6.07) is 4.31. The summed E-state index contributed by atoms with van der Waals surface area (Å²) in [4.78, 5) is 4.14. The van der Waals surface area contributed by atoms with Crippen LogP contribution in [-0.4, -0.2) is 24.2 Å². The molecule has 2 aromatic rings. The normalized spacial score (nSPS) is 12.3. The average molecular weight is 301 g/mol. The molecule has 2 rings (SSSR count). The second-order valence-corrected chi connectivity index (χ2v) is 11.8. The maximum Gasteiger partial charge on any atom is 0.150 e. The van der Waals surface area contributed by atoms with Gasteiger partial charge in [0.15, 0.2) is 0 Å². The Labute approximate surface area is 118 Å². The summed E-state index contributed by atoms with van der Waals surface area (Å²) in [7, 11) is -1.10. The SMILES string of the molecule is C[Si](C)(C)CCOCn1cc(F)c2ccc(Cl)nc21. The summed E-state index contributed by atoms with van der Waals surface area (Å²) < 4.78 is 20.9. The van der Waals surface area contributed by atoms with Gasteiger partial charge in [0.05, 0.1) is 5.39 Å². The first-order valence-electron chi connectivity index (χ1n) is 6.25. The molecule has 0 N–H and O–H groups in total. The molecule has 6 heteroatoms. The Balaban J connectivity index is 2.07. The number of halogens is 2. The molecule has 0 bridgehead atoms. The van der Waals surface area contributed by atoms with Crippen molar-refractivity contribution in [2.24, 2.45) is 0 Å². The zero-order chi connectivity index (χ0) is 14.0. The second-order valence-electron chi connectivity index (χ2n) is 5.80. The predicted molar refractivity (Wildman–Crippen MR) is 78.8 cm³/mol. The number of aromatic nitrogens is 2. The highest BCUT2D eigenvalue weighted by Gasteiger charge is 2.13. The Morgan fingerprint density at radius 1 is 1.37 bits per heavy atom. The molecule has 19 heavy (non-hydrogen) atoms. The van der Waals surface area contributed by atoms with Gasteiger partial charge >= 0.3 is 0 Å². The van der Waals surface area contributed by atoms with Gasteiger partial charge in [-0.1, -0.05) is 31.2 Å². The van der Waals surface area contributed by atoms with Crippen LogP contribution >= 0.6 is 11.6 Å². The first-order valence-corrected chi connectivity index (χ1v) is 10.3. The van der Waals surface area contributed by atoms with Crippen LogP contribution in [-0.2, 0) is 11.5 Å². The third-order valence-corrected chi connectivity index (χ3v) is 4.78. The van der Waals surface area contributed by atoms with Crippen LogP contribution in [0.2, 0.25) is 30.8 Å². The van der Waals surface area contributed by atoms with Crippen LogP contribution in [0, 0.1) is 5.82 Å². The summed E-state index contributed by atoms with van der Waals surface area (Å²) >= 11 is 5.84. The highest BCUT2D eigenvalue weighted by molar-refractivity contribution is 6.76. The molecule has 0 aromatic carbocycles. The number of hydrogen-bond donors (Lipinski definition) is 0. The van der Waals surface area contributed by atoms with Crippen LogP contribution in [0.25, 0.3) is 11.0 Å². The van der Waals surface area contributed by atoms with E-state index in [0.717, 1.165) is 6.04 Å². The van der Waals surface area contributed by atoms with E-state index in [-0.39, 0.29) is 5.82 Å². The first-order chi connectivity index (χ1) is 8.87. The number of nitrogens with zero attached hydrogens (tertiary/aromatic N) is 2. The van der Waals surface area contributed by atoms with E-state index in [2.05, 4.69) is 24.6 Å². The van der Waals surface area contributed by atoms with E-state index in [1.807, 2.05) is 0 Å². The van der Waals surface area contributed by atoms with Gasteiger partial charge in [-0.2, -0.15) is 0 Å². The molecule has 0 atom stereocenters. The summed E-state index contributed by atoms with van der Waals surface area (Å²) in [6.45, 7) is 7.88. The van der Waals surface area contributed by atoms with Crippen LogP contribution in [0.3, 0.4) is 0 Å². The zero-order valence-electron chi connectivity index (χ0n) is 11.4. The van der Waals surface area contributed by atoms with E-state index >= 15 is 0 Å². The Kier molecular flexibility index (Phi) is 4.28. The topological polar surface area (TPSA) is 27.1 Å². The molecule has 0 aliphatic carbocycles. The number of fused-ring (bicyclic) bond motifs is 1. The lowest BCUT2D eigenvalue weighted by Crippen LogP contribution is -2.22. The van der Waals surface area contributed by atoms with Gasteiger partial charge in [-0.3, -0.25) is 0 Å². The first kappa shape index (κ1) is 14.5. The average Bonchev–Trinajstić information content (AvgIpc) is 2.60. The Bertz CT molecular complexity index is 580. The molecule has 0 fully saturated rings. The maximum atomic E-state index is 13.7. The van der Waals surface area contributed by atoms with Crippen LogP contribution < -0.4 is 0 Å². The molecule has 2 aromatic heterocycles. The molecule has 0 radical (unpaired) electrons. The second kappa shape index (κ2) is 5.61. The lowest BCUT2D eigenvalue weighted by molar-refractivity contribution is 0.0895. The van der Waals surface area contributed by atoms with Gasteiger partial charge in [0.1, 0.15) is 23.3 Å². The lowest BCUT2D eigenvalue weighted by Gasteiger charge is -2.15. The molecule has 104 valence electrons. The molecule has 2 heterocycles. The van der Waals surface area contributed by atoms with E-state index in [4.69, 9.17) is 16.3 Å². The Morgan fingerprint density at radius 3 is 2.79 bits per heavy atom. The van der Waals surface area contributed by atoms with Crippen molar-refractivity contribution in [2.75, 3.05) is 6.61 Å². The molecule has 0 saturated heterocycles. The third-order valence-electron chi connectivity index (χ3n) is 2.87. The molecule has 0 saturated carbocycles. The van der Waals surface area contributed by atoms with E-state index < -0.39 is 8.07 Å². The van der Waals surface area contributed by atoms with Crippen LogP contribution in [0.15, 0.2) is 18.3 Å². The van der Waals surface area contributed by atoms with Crippen molar-refractivity contribution in [2.45, 2.75) is 32.4 Å². The summed E-state index contributed by atoms with van der Waals surface area (Å²) in [5.41, 5.74) is 0.526. The largest absolute Gasteiger partial charge is 0.361 e. The fraction of sp³-hybridized carbons (Fsp3) is 0.462. The molecule has 0 amide bonds. The highest BCUT2D eigenvalue weighted by Crippen LogP contribution is 2.20. The fourth-order valence-electron chi connectivity index (χ4n) is 1.74. The van der Waals surface area contributed by atoms with Crippen LogP contribution in [0.5, 0.6) is 0 Å². The van der Waals surface area contributed by atoms with Gasteiger partial charge < -0.3 is 9.30 Å². The van der Waals surface area contributed by atoms with Crippen LogP contribution in [0.1, 0.15) is 0 Å². The zero-order valence-corrected chi connectivity index (χ0v) is 13.2. The Morgan fingerprint density at radius 2 is 2.11 bits per heavy atom. The van der Waals surface area contributed by atoms with Gasteiger partial charge in [-0.15, -0.1) is 0 Å². The van der Waals surface area contributed by atoms with E-state index in [1.165, 1.54) is 6.20 Å². The minimum atomic E-state index is -1.10. The molecule has 3 nitrogen and oxygen atoms in total. The van der Waals surface area contributed by atoms with E-state index in [0.29, 0.717) is 29.5 Å². The van der Waals surface area contributed by atoms with Crippen molar-refractivity contribution in [3.8, 4) is 0 Å². The quantitative estimate of drug-likeness (QED) is 0.471. The van der Waals surface area contributed by atoms with E-state index in [1.54, 1.807) is 16.7 Å². The van der Waals surface area contributed by atoms with Crippen molar-refractivity contribution in [1.82, 2.24) is 9.55 Å². The monoisotopic (exact) mass is 300 g/mol. The van der Waals surface area contributed by atoms with Gasteiger partial charge in [0.2, 0.25) is 0 Å². The minimum absolute atomic E-state index is 0.298. The Hall–Kier alpha value is -0.913. The molecule has 0 aliphatic rings. The van der Waals surface area contributed by atoms with Crippen molar-refractivity contribution < 1.29 is 9.13 Å². The van der Waals surface area contributed by atoms with E-state index in [9.17, 15) is 4.39 Å². The number of hydrogen-bond acceptors (Lipinski definition) is 2. The van der Waals surface area contributed by atoms with Gasteiger partial charge in [-0.25, -0.2) is 9.37 Å². The lowest BCUT2D eigenvalue weighted by atomic mass is 10.3. The third kappa shape index (κ3) is 3.78. The smallest absolute Gasteiger partial charge is 0.150 e. The predicted octanol–water partition coefficient (Wildman–Crippen LogP) is 4.14. The summed E-state index contributed by atoms with van der Waals surface area (Å²) in [5, 5.41) is 0.826. The molecular formula is C13H18ClFN2OSi. The van der Waals surface area contributed by atoms with Crippen LogP contribution in [0.4, 0.5) is 4.39 Å². The number of rotatable bonds is 5. The molecular weight excluding hydrogens is 283 g/mol. The van der Waals surface area contributed by atoms with Crippen molar-refractivity contribution in [3.05, 3.63) is 29.3 Å². The van der Waals surface area contributed by atoms with Crippen molar-refractivity contribution in [1.29, 1.82) is 0 Å².